The zero-order valence-corrected chi connectivity index (χ0v) is 20.0. The summed E-state index contributed by atoms with van der Waals surface area (Å²) in [5.41, 5.74) is 3.36. The van der Waals surface area contributed by atoms with Crippen molar-refractivity contribution in [1.82, 2.24) is 19.8 Å². The van der Waals surface area contributed by atoms with Gasteiger partial charge in [0.2, 0.25) is 11.9 Å². The van der Waals surface area contributed by atoms with Gasteiger partial charge in [-0.05, 0) is 31.4 Å². The number of nitrogens with zero attached hydrogens (tertiary/aromatic N) is 6. The summed E-state index contributed by atoms with van der Waals surface area (Å²) < 4.78 is 0. The second-order valence-electron chi connectivity index (χ2n) is 9.96. The molecule has 0 atom stereocenters. The summed E-state index contributed by atoms with van der Waals surface area (Å²) in [5, 5.41) is 0. The second kappa shape index (κ2) is 9.67. The van der Waals surface area contributed by atoms with Crippen LogP contribution in [0.25, 0.3) is 0 Å². The maximum absolute atomic E-state index is 13.1. The molecule has 0 spiro atoms. The van der Waals surface area contributed by atoms with Crippen LogP contribution in [0.2, 0.25) is 0 Å². The van der Waals surface area contributed by atoms with Gasteiger partial charge in [-0.15, -0.1) is 0 Å². The number of fused-ring (bicyclic) bond motifs is 1. The van der Waals surface area contributed by atoms with Crippen molar-refractivity contribution in [2.24, 2.45) is 5.92 Å². The summed E-state index contributed by atoms with van der Waals surface area (Å²) in [6, 6.07) is 10.0. The lowest BCUT2D eigenvalue weighted by atomic mass is 9.99. The van der Waals surface area contributed by atoms with Gasteiger partial charge in [-0.25, -0.2) is 4.98 Å². The fraction of sp³-hybridized carbons (Fsp3) is 0.577. The van der Waals surface area contributed by atoms with Crippen molar-refractivity contribution < 1.29 is 4.79 Å². The summed E-state index contributed by atoms with van der Waals surface area (Å²) >= 11 is 0. The van der Waals surface area contributed by atoms with Crippen LogP contribution in [-0.4, -0.2) is 78.5 Å². The predicted molar refractivity (Wildman–Crippen MR) is 132 cm³/mol. The standard InChI is InChI=1S/C26H36N6O/c1-20-8-11-31(12-9-20)26-27-23-10-13-32(24(33)18-21-6-4-3-5-7-21)19-22(23)25(28-26)30-16-14-29(2)15-17-30/h3-7,20H,8-19H2,1-2H3. The van der Waals surface area contributed by atoms with Crippen LogP contribution in [0.5, 0.6) is 0 Å². The Labute approximate surface area is 197 Å². The lowest BCUT2D eigenvalue weighted by Gasteiger charge is -2.38. The summed E-state index contributed by atoms with van der Waals surface area (Å²) in [4.78, 5) is 32.5. The number of benzene rings is 1. The smallest absolute Gasteiger partial charge is 0.227 e. The molecular weight excluding hydrogens is 412 g/mol. The van der Waals surface area contributed by atoms with Crippen molar-refractivity contribution in [2.75, 3.05) is 62.7 Å². The molecule has 3 aliphatic rings. The first-order valence-corrected chi connectivity index (χ1v) is 12.5. The molecule has 0 radical (unpaired) electrons. The third kappa shape index (κ3) is 4.98. The van der Waals surface area contributed by atoms with E-state index < -0.39 is 0 Å². The van der Waals surface area contributed by atoms with E-state index in [1.165, 1.54) is 12.8 Å². The molecule has 0 saturated carbocycles. The van der Waals surface area contributed by atoms with Gasteiger partial charge < -0.3 is 19.6 Å². The van der Waals surface area contributed by atoms with Crippen LogP contribution < -0.4 is 9.80 Å². The molecule has 5 rings (SSSR count). The molecule has 1 aromatic heterocycles. The Hall–Kier alpha value is -2.67. The zero-order valence-electron chi connectivity index (χ0n) is 20.0. The Morgan fingerprint density at radius 1 is 0.939 bits per heavy atom. The molecule has 2 aromatic rings. The van der Waals surface area contributed by atoms with Gasteiger partial charge in [0, 0.05) is 57.8 Å². The first kappa shape index (κ1) is 22.1. The molecule has 3 aliphatic heterocycles. The molecular formula is C26H36N6O. The van der Waals surface area contributed by atoms with Gasteiger partial charge in [0.05, 0.1) is 18.7 Å². The summed E-state index contributed by atoms with van der Waals surface area (Å²) in [6.07, 6.45) is 3.65. The number of piperazine rings is 1. The van der Waals surface area contributed by atoms with Crippen molar-refractivity contribution in [1.29, 1.82) is 0 Å². The minimum absolute atomic E-state index is 0.185. The zero-order chi connectivity index (χ0) is 22.8. The molecule has 0 aliphatic carbocycles. The molecule has 1 amide bonds. The topological polar surface area (TPSA) is 55.8 Å². The Morgan fingerprint density at radius 2 is 1.67 bits per heavy atom. The largest absolute Gasteiger partial charge is 0.354 e. The Bertz CT molecular complexity index is 964. The Kier molecular flexibility index (Phi) is 6.49. The molecule has 4 heterocycles. The number of piperidine rings is 1. The van der Waals surface area contributed by atoms with E-state index in [1.807, 2.05) is 35.2 Å². The molecule has 0 bridgehead atoms. The van der Waals surface area contributed by atoms with Crippen molar-refractivity contribution in [3.05, 3.63) is 47.2 Å². The fourth-order valence-corrected chi connectivity index (χ4v) is 5.11. The van der Waals surface area contributed by atoms with Crippen LogP contribution >= 0.6 is 0 Å². The van der Waals surface area contributed by atoms with Crippen LogP contribution in [0.4, 0.5) is 11.8 Å². The summed E-state index contributed by atoms with van der Waals surface area (Å²) in [6.45, 7) is 9.74. The van der Waals surface area contributed by atoms with Gasteiger partial charge >= 0.3 is 0 Å². The third-order valence-corrected chi connectivity index (χ3v) is 7.45. The van der Waals surface area contributed by atoms with E-state index >= 15 is 0 Å². The predicted octanol–water partition coefficient (Wildman–Crippen LogP) is 2.59. The average Bonchev–Trinajstić information content (AvgIpc) is 2.84. The molecule has 2 saturated heterocycles. The molecule has 7 nitrogen and oxygen atoms in total. The minimum Gasteiger partial charge on any atom is -0.354 e. The lowest BCUT2D eigenvalue weighted by Crippen LogP contribution is -2.46. The first-order valence-electron chi connectivity index (χ1n) is 12.5. The average molecular weight is 449 g/mol. The highest BCUT2D eigenvalue weighted by Gasteiger charge is 2.30. The summed E-state index contributed by atoms with van der Waals surface area (Å²) in [5.74, 6) is 2.91. The molecule has 0 N–H and O–H groups in total. The van der Waals surface area contributed by atoms with Crippen LogP contribution in [0.3, 0.4) is 0 Å². The normalized spacial score (nSPS) is 20.1. The monoisotopic (exact) mass is 448 g/mol. The highest BCUT2D eigenvalue weighted by atomic mass is 16.2. The SMILES string of the molecule is CC1CCN(c2nc3c(c(N4CCN(C)CC4)n2)CN(C(=O)Cc2ccccc2)CC3)CC1. The van der Waals surface area contributed by atoms with E-state index in [2.05, 4.69) is 28.7 Å². The maximum atomic E-state index is 13.1. The minimum atomic E-state index is 0.185. The number of amides is 1. The van der Waals surface area contributed by atoms with Crippen molar-refractivity contribution in [3.8, 4) is 0 Å². The quantitative estimate of drug-likeness (QED) is 0.717. The second-order valence-corrected chi connectivity index (χ2v) is 9.96. The fourth-order valence-electron chi connectivity index (χ4n) is 5.11. The lowest BCUT2D eigenvalue weighted by molar-refractivity contribution is -0.131. The van der Waals surface area contributed by atoms with Gasteiger partial charge in [-0.3, -0.25) is 4.79 Å². The van der Waals surface area contributed by atoms with Gasteiger partial charge in [0.15, 0.2) is 0 Å². The number of carbonyl (C=O) groups is 1. The number of carbonyl (C=O) groups excluding carboxylic acids is 1. The molecule has 2 fully saturated rings. The van der Waals surface area contributed by atoms with Crippen LogP contribution in [-0.2, 0) is 24.2 Å². The van der Waals surface area contributed by atoms with E-state index in [4.69, 9.17) is 9.97 Å². The third-order valence-electron chi connectivity index (χ3n) is 7.45. The molecule has 33 heavy (non-hydrogen) atoms. The van der Waals surface area contributed by atoms with Gasteiger partial charge in [0.1, 0.15) is 5.82 Å². The number of anilines is 2. The highest BCUT2D eigenvalue weighted by molar-refractivity contribution is 5.79. The van der Waals surface area contributed by atoms with E-state index in [0.29, 0.717) is 13.0 Å². The van der Waals surface area contributed by atoms with Crippen LogP contribution in [0.1, 0.15) is 36.6 Å². The maximum Gasteiger partial charge on any atom is 0.227 e. The molecule has 7 heteroatoms. The molecule has 176 valence electrons. The highest BCUT2D eigenvalue weighted by Crippen LogP contribution is 2.31. The van der Waals surface area contributed by atoms with Gasteiger partial charge in [-0.2, -0.15) is 4.98 Å². The Morgan fingerprint density at radius 3 is 2.39 bits per heavy atom. The van der Waals surface area contributed by atoms with E-state index in [1.54, 1.807) is 0 Å². The van der Waals surface area contributed by atoms with Crippen LogP contribution in [0, 0.1) is 5.92 Å². The van der Waals surface area contributed by atoms with Gasteiger partial charge in [-0.1, -0.05) is 37.3 Å². The molecule has 1 aromatic carbocycles. The number of hydrogen-bond donors (Lipinski definition) is 0. The van der Waals surface area contributed by atoms with Crippen molar-refractivity contribution in [3.63, 3.8) is 0 Å². The van der Waals surface area contributed by atoms with Crippen LogP contribution in [0.15, 0.2) is 30.3 Å². The van der Waals surface area contributed by atoms with E-state index in [9.17, 15) is 4.79 Å². The first-order chi connectivity index (χ1) is 16.1. The number of likely N-dealkylation sites (N-methyl/N-ethyl adjacent to an activating group) is 1. The van der Waals surface area contributed by atoms with E-state index in [0.717, 1.165) is 86.7 Å². The Balaban J connectivity index is 1.41. The number of rotatable bonds is 4. The van der Waals surface area contributed by atoms with Crippen molar-refractivity contribution in [2.45, 2.75) is 39.2 Å². The number of aromatic nitrogens is 2. The van der Waals surface area contributed by atoms with E-state index in [-0.39, 0.29) is 5.91 Å². The van der Waals surface area contributed by atoms with Gasteiger partial charge in [0.25, 0.3) is 0 Å². The summed E-state index contributed by atoms with van der Waals surface area (Å²) in [7, 11) is 2.18. The van der Waals surface area contributed by atoms with Crippen molar-refractivity contribution >= 4 is 17.7 Å². The number of hydrogen-bond acceptors (Lipinski definition) is 6. The molecule has 0 unspecified atom stereocenters.